The number of halogens is 2. The number of rotatable bonds is 2. The molecule has 0 aliphatic carbocycles. The quantitative estimate of drug-likeness (QED) is 0.482. The van der Waals surface area contributed by atoms with Gasteiger partial charge < -0.3 is 5.32 Å². The van der Waals surface area contributed by atoms with Crippen LogP contribution in [0.1, 0.15) is 10.4 Å². The largest absolute Gasteiger partial charge is 0.317 e. The molecule has 0 spiro atoms. The van der Waals surface area contributed by atoms with E-state index in [-0.39, 0.29) is 11.0 Å². The molecule has 102 valence electrons. The molecule has 0 aliphatic rings. The second kappa shape index (κ2) is 7.27. The summed E-state index contributed by atoms with van der Waals surface area (Å²) in [4.78, 5) is 16.1. The Hall–Kier alpha value is -0.810. The normalized spacial score (nSPS) is 9.90. The van der Waals surface area contributed by atoms with Gasteiger partial charge in [-0.3, -0.25) is 10.1 Å². The maximum Gasteiger partial charge on any atom is 0.257 e. The van der Waals surface area contributed by atoms with Crippen LogP contribution in [0.4, 0.5) is 5.82 Å². The zero-order valence-electron chi connectivity index (χ0n) is 10.1. The molecular weight excluding hydrogens is 500 g/mol. The van der Waals surface area contributed by atoms with Gasteiger partial charge in [-0.05, 0) is 87.7 Å². The predicted molar refractivity (Wildman–Crippen MR) is 99.8 cm³/mol. The summed E-state index contributed by atoms with van der Waals surface area (Å²) in [7, 11) is 0. The lowest BCUT2D eigenvalue weighted by Gasteiger charge is -2.09. The third-order valence-electron chi connectivity index (χ3n) is 2.28. The molecule has 0 saturated heterocycles. The van der Waals surface area contributed by atoms with Gasteiger partial charge >= 0.3 is 0 Å². The topological polar surface area (TPSA) is 54.0 Å². The molecule has 7 heteroatoms. The van der Waals surface area contributed by atoms with Crippen molar-refractivity contribution >= 4 is 74.2 Å². The molecule has 1 heterocycles. The molecule has 1 aromatic carbocycles. The molecule has 4 nitrogen and oxygen atoms in total. The van der Waals surface area contributed by atoms with Crippen LogP contribution in [0.2, 0.25) is 0 Å². The minimum atomic E-state index is -0.244. The molecule has 2 rings (SSSR count). The summed E-state index contributed by atoms with van der Waals surface area (Å²) in [6.07, 6.45) is 1.72. The van der Waals surface area contributed by atoms with E-state index in [2.05, 4.69) is 60.8 Å². The van der Waals surface area contributed by atoms with Gasteiger partial charge in [-0.2, -0.15) is 0 Å². The summed E-state index contributed by atoms with van der Waals surface area (Å²) in [5.41, 5.74) is 0.566. The van der Waals surface area contributed by atoms with Crippen molar-refractivity contribution in [2.75, 3.05) is 5.32 Å². The van der Waals surface area contributed by atoms with Crippen LogP contribution in [0.5, 0.6) is 0 Å². The Kier molecular flexibility index (Phi) is 5.66. The van der Waals surface area contributed by atoms with E-state index in [1.165, 1.54) is 0 Å². The van der Waals surface area contributed by atoms with E-state index >= 15 is 0 Å². The SMILES string of the molecule is O=C(NC(=S)Nc1ccc(I)cn1)c1cccc(I)c1. The number of carbonyl (C=O) groups excluding carboxylic acids is 1. The van der Waals surface area contributed by atoms with Crippen molar-refractivity contribution in [2.45, 2.75) is 0 Å². The van der Waals surface area contributed by atoms with Crippen molar-refractivity contribution in [3.8, 4) is 0 Å². The van der Waals surface area contributed by atoms with Gasteiger partial charge in [0.25, 0.3) is 5.91 Å². The standard InChI is InChI=1S/C13H9I2N3OS/c14-9-3-1-2-8(6-9)12(19)18-13(20)17-11-5-4-10(15)7-16-11/h1-7H,(H2,16,17,18,19,20). The van der Waals surface area contributed by atoms with Gasteiger partial charge in [0.1, 0.15) is 5.82 Å². The van der Waals surface area contributed by atoms with Crippen LogP contribution < -0.4 is 10.6 Å². The van der Waals surface area contributed by atoms with E-state index in [0.717, 1.165) is 7.14 Å². The van der Waals surface area contributed by atoms with Crippen LogP contribution in [-0.2, 0) is 0 Å². The molecule has 1 amide bonds. The predicted octanol–water partition coefficient (Wildman–Crippen LogP) is 3.42. The average molecular weight is 509 g/mol. The first-order chi connectivity index (χ1) is 9.54. The Balaban J connectivity index is 1.97. The average Bonchev–Trinajstić information content (AvgIpc) is 2.41. The summed E-state index contributed by atoms with van der Waals surface area (Å²) in [5, 5.41) is 5.71. The minimum Gasteiger partial charge on any atom is -0.317 e. The van der Waals surface area contributed by atoms with Crippen LogP contribution in [0.3, 0.4) is 0 Å². The Morgan fingerprint density at radius 3 is 2.60 bits per heavy atom. The number of hydrogen-bond donors (Lipinski definition) is 2. The number of thiocarbonyl (C=S) groups is 1. The summed E-state index contributed by atoms with van der Waals surface area (Å²) in [6.45, 7) is 0. The highest BCUT2D eigenvalue weighted by Gasteiger charge is 2.08. The number of nitrogens with zero attached hydrogens (tertiary/aromatic N) is 1. The van der Waals surface area contributed by atoms with Crippen LogP contribution >= 0.6 is 57.4 Å². The number of pyridine rings is 1. The molecule has 0 aliphatic heterocycles. The van der Waals surface area contributed by atoms with Gasteiger partial charge in [0, 0.05) is 18.9 Å². The first-order valence-corrected chi connectivity index (χ1v) is 8.10. The van der Waals surface area contributed by atoms with Crippen molar-refractivity contribution in [2.24, 2.45) is 0 Å². The van der Waals surface area contributed by atoms with Gasteiger partial charge in [-0.25, -0.2) is 4.98 Å². The number of nitrogens with one attached hydrogen (secondary N) is 2. The highest BCUT2D eigenvalue weighted by molar-refractivity contribution is 14.1. The molecule has 0 radical (unpaired) electrons. The van der Waals surface area contributed by atoms with Gasteiger partial charge in [-0.1, -0.05) is 6.07 Å². The lowest BCUT2D eigenvalue weighted by atomic mass is 10.2. The zero-order chi connectivity index (χ0) is 14.5. The third kappa shape index (κ3) is 4.63. The Bertz CT molecular complexity index is 646. The Labute approximate surface area is 149 Å². The van der Waals surface area contributed by atoms with E-state index in [9.17, 15) is 4.79 Å². The number of aromatic nitrogens is 1. The van der Waals surface area contributed by atoms with Gasteiger partial charge in [0.15, 0.2) is 5.11 Å². The zero-order valence-corrected chi connectivity index (χ0v) is 15.2. The maximum atomic E-state index is 12.0. The second-order valence-electron chi connectivity index (χ2n) is 3.78. The summed E-state index contributed by atoms with van der Waals surface area (Å²) in [6, 6.07) is 11.0. The number of anilines is 1. The van der Waals surface area contributed by atoms with Gasteiger partial charge in [0.2, 0.25) is 0 Å². The molecule has 0 bridgehead atoms. The highest BCUT2D eigenvalue weighted by atomic mass is 127. The number of carbonyl (C=O) groups is 1. The van der Waals surface area contributed by atoms with Crippen molar-refractivity contribution in [1.29, 1.82) is 0 Å². The fourth-order valence-electron chi connectivity index (χ4n) is 1.40. The molecular formula is C13H9I2N3OS. The number of amides is 1. The minimum absolute atomic E-state index is 0.225. The summed E-state index contributed by atoms with van der Waals surface area (Å²) >= 11 is 9.41. The molecule has 2 N–H and O–H groups in total. The molecule has 20 heavy (non-hydrogen) atoms. The second-order valence-corrected chi connectivity index (χ2v) is 6.68. The smallest absolute Gasteiger partial charge is 0.257 e. The molecule has 0 atom stereocenters. The van der Waals surface area contributed by atoms with Crippen molar-refractivity contribution in [3.05, 3.63) is 55.3 Å². The first-order valence-electron chi connectivity index (χ1n) is 5.54. The fraction of sp³-hybridized carbons (Fsp3) is 0. The van der Waals surface area contributed by atoms with E-state index < -0.39 is 0 Å². The summed E-state index contributed by atoms with van der Waals surface area (Å²) < 4.78 is 2.02. The molecule has 0 unspecified atom stereocenters. The van der Waals surface area contributed by atoms with Crippen LogP contribution in [0, 0.1) is 7.14 Å². The van der Waals surface area contributed by atoms with Crippen LogP contribution in [0.25, 0.3) is 0 Å². The lowest BCUT2D eigenvalue weighted by Crippen LogP contribution is -2.34. The maximum absolute atomic E-state index is 12.0. The fourth-order valence-corrected chi connectivity index (χ4v) is 2.46. The van der Waals surface area contributed by atoms with E-state index in [1.54, 1.807) is 24.4 Å². The van der Waals surface area contributed by atoms with E-state index in [1.807, 2.05) is 18.2 Å². The molecule has 1 aromatic heterocycles. The van der Waals surface area contributed by atoms with Gasteiger partial charge in [-0.15, -0.1) is 0 Å². The lowest BCUT2D eigenvalue weighted by molar-refractivity contribution is 0.0977. The van der Waals surface area contributed by atoms with E-state index in [4.69, 9.17) is 12.2 Å². The van der Waals surface area contributed by atoms with Gasteiger partial charge in [0.05, 0.1) is 0 Å². The van der Waals surface area contributed by atoms with Crippen LogP contribution in [-0.4, -0.2) is 16.0 Å². The third-order valence-corrected chi connectivity index (χ3v) is 3.80. The van der Waals surface area contributed by atoms with Crippen molar-refractivity contribution in [3.63, 3.8) is 0 Å². The van der Waals surface area contributed by atoms with Crippen molar-refractivity contribution < 1.29 is 4.79 Å². The van der Waals surface area contributed by atoms with Crippen molar-refractivity contribution in [1.82, 2.24) is 10.3 Å². The Morgan fingerprint density at radius 1 is 1.15 bits per heavy atom. The van der Waals surface area contributed by atoms with E-state index in [0.29, 0.717) is 11.4 Å². The molecule has 0 saturated carbocycles. The number of hydrogen-bond acceptors (Lipinski definition) is 3. The molecule has 0 fully saturated rings. The highest BCUT2D eigenvalue weighted by Crippen LogP contribution is 2.09. The summed E-state index contributed by atoms with van der Waals surface area (Å²) in [5.74, 6) is 0.352. The molecule has 2 aromatic rings. The van der Waals surface area contributed by atoms with Crippen LogP contribution in [0.15, 0.2) is 42.6 Å². The Morgan fingerprint density at radius 2 is 1.95 bits per heavy atom. The first kappa shape index (κ1) is 15.6. The monoisotopic (exact) mass is 509 g/mol. The number of benzene rings is 1.